The highest BCUT2D eigenvalue weighted by Crippen LogP contribution is 2.18. The van der Waals surface area contributed by atoms with E-state index in [0.717, 1.165) is 0 Å². The molecule has 7 nitrogen and oxygen atoms in total. The van der Waals surface area contributed by atoms with Gasteiger partial charge in [0.25, 0.3) is 11.9 Å². The highest BCUT2D eigenvalue weighted by atomic mass is 16.5. The van der Waals surface area contributed by atoms with Gasteiger partial charge in [0.05, 0.1) is 31.7 Å². The second-order valence-corrected chi connectivity index (χ2v) is 4.18. The molecule has 2 aromatic rings. The molecule has 21 heavy (non-hydrogen) atoms. The summed E-state index contributed by atoms with van der Waals surface area (Å²) in [6.45, 7) is 0. The molecule has 1 heterocycles. The molecule has 0 aliphatic carbocycles. The number of amides is 1. The van der Waals surface area contributed by atoms with Crippen molar-refractivity contribution in [1.82, 2.24) is 9.55 Å². The highest BCUT2D eigenvalue weighted by Gasteiger charge is 2.17. The van der Waals surface area contributed by atoms with Gasteiger partial charge < -0.3 is 14.8 Å². The predicted octanol–water partition coefficient (Wildman–Crippen LogP) is 1.47. The van der Waals surface area contributed by atoms with Crippen LogP contribution in [0.2, 0.25) is 0 Å². The number of para-hydroxylation sites is 1. The van der Waals surface area contributed by atoms with Crippen LogP contribution in [0.4, 0.5) is 5.69 Å². The van der Waals surface area contributed by atoms with Gasteiger partial charge in [-0.25, -0.2) is 9.78 Å². The second kappa shape index (κ2) is 6.08. The number of rotatable bonds is 4. The van der Waals surface area contributed by atoms with Crippen molar-refractivity contribution in [3.05, 3.63) is 41.7 Å². The molecular formula is C14H15N3O4. The summed E-state index contributed by atoms with van der Waals surface area (Å²) >= 11 is 0. The van der Waals surface area contributed by atoms with Crippen molar-refractivity contribution in [3.8, 4) is 6.01 Å². The molecule has 0 radical (unpaired) electrons. The molecule has 0 aliphatic heterocycles. The molecule has 0 unspecified atom stereocenters. The number of esters is 1. The quantitative estimate of drug-likeness (QED) is 0.862. The molecule has 0 spiro atoms. The zero-order valence-corrected chi connectivity index (χ0v) is 11.9. The Kier molecular flexibility index (Phi) is 4.22. The maximum atomic E-state index is 12.2. The third-order valence-electron chi connectivity index (χ3n) is 2.94. The number of anilines is 1. The molecule has 2 rings (SSSR count). The molecular weight excluding hydrogens is 274 g/mol. The monoisotopic (exact) mass is 289 g/mol. The highest BCUT2D eigenvalue weighted by molar-refractivity contribution is 6.07. The Morgan fingerprint density at radius 1 is 1.24 bits per heavy atom. The first-order valence-electron chi connectivity index (χ1n) is 6.13. The number of benzene rings is 1. The smallest absolute Gasteiger partial charge is 0.339 e. The van der Waals surface area contributed by atoms with E-state index in [1.807, 2.05) is 0 Å². The van der Waals surface area contributed by atoms with Gasteiger partial charge in [0.15, 0.2) is 0 Å². The topological polar surface area (TPSA) is 82.4 Å². The van der Waals surface area contributed by atoms with Crippen LogP contribution in [0.3, 0.4) is 0 Å². The number of nitrogens with one attached hydrogen (secondary N) is 1. The van der Waals surface area contributed by atoms with Gasteiger partial charge in [-0.1, -0.05) is 12.1 Å². The van der Waals surface area contributed by atoms with Gasteiger partial charge in [-0.15, -0.1) is 0 Å². The van der Waals surface area contributed by atoms with Gasteiger partial charge in [0.2, 0.25) is 0 Å². The first-order valence-corrected chi connectivity index (χ1v) is 6.13. The molecule has 0 fully saturated rings. The summed E-state index contributed by atoms with van der Waals surface area (Å²) in [4.78, 5) is 27.9. The van der Waals surface area contributed by atoms with E-state index in [4.69, 9.17) is 4.74 Å². The number of aromatic nitrogens is 2. The Morgan fingerprint density at radius 2 is 1.95 bits per heavy atom. The first-order chi connectivity index (χ1) is 10.1. The van der Waals surface area contributed by atoms with Crippen LogP contribution in [0, 0.1) is 0 Å². The number of imidazole rings is 1. The fraction of sp³-hybridized carbons (Fsp3) is 0.214. The molecule has 0 saturated carbocycles. The molecule has 110 valence electrons. The molecule has 0 atom stereocenters. The van der Waals surface area contributed by atoms with Crippen LogP contribution >= 0.6 is 0 Å². The Labute approximate surface area is 121 Å². The normalized spacial score (nSPS) is 10.0. The Balaban J connectivity index is 2.28. The lowest BCUT2D eigenvalue weighted by molar-refractivity contribution is 0.0602. The number of carbonyl (C=O) groups excluding carboxylic acids is 2. The van der Waals surface area contributed by atoms with Crippen molar-refractivity contribution in [1.29, 1.82) is 0 Å². The van der Waals surface area contributed by atoms with Gasteiger partial charge in [0, 0.05) is 7.05 Å². The average molecular weight is 289 g/mol. The van der Waals surface area contributed by atoms with Crippen LogP contribution in [0.15, 0.2) is 30.5 Å². The summed E-state index contributed by atoms with van der Waals surface area (Å²) in [6.07, 6.45) is 1.40. The maximum absolute atomic E-state index is 12.2. The zero-order chi connectivity index (χ0) is 15.4. The molecule has 0 aliphatic rings. The minimum atomic E-state index is -0.520. The van der Waals surface area contributed by atoms with E-state index in [0.29, 0.717) is 17.4 Å². The summed E-state index contributed by atoms with van der Waals surface area (Å²) in [5.74, 6) is -0.918. The molecule has 1 amide bonds. The fourth-order valence-electron chi connectivity index (χ4n) is 1.86. The largest absolute Gasteiger partial charge is 0.468 e. The van der Waals surface area contributed by atoms with Gasteiger partial charge in [0.1, 0.15) is 5.69 Å². The zero-order valence-electron chi connectivity index (χ0n) is 11.9. The fourth-order valence-corrected chi connectivity index (χ4v) is 1.86. The molecule has 7 heteroatoms. The van der Waals surface area contributed by atoms with E-state index < -0.39 is 11.9 Å². The van der Waals surface area contributed by atoms with E-state index in [-0.39, 0.29) is 5.56 Å². The summed E-state index contributed by atoms with van der Waals surface area (Å²) in [5, 5.41) is 2.66. The lowest BCUT2D eigenvalue weighted by Crippen LogP contribution is -2.18. The van der Waals surface area contributed by atoms with Crippen LogP contribution in [0.5, 0.6) is 6.01 Å². The Hall–Kier alpha value is -2.83. The molecule has 1 N–H and O–H groups in total. The van der Waals surface area contributed by atoms with Crippen molar-refractivity contribution in [2.24, 2.45) is 7.05 Å². The van der Waals surface area contributed by atoms with Crippen LogP contribution in [-0.4, -0.2) is 35.6 Å². The Morgan fingerprint density at radius 3 is 2.57 bits per heavy atom. The first kappa shape index (κ1) is 14.6. The molecule has 0 saturated heterocycles. The van der Waals surface area contributed by atoms with E-state index in [1.165, 1.54) is 25.0 Å². The van der Waals surface area contributed by atoms with Crippen LogP contribution in [0.1, 0.15) is 20.8 Å². The van der Waals surface area contributed by atoms with E-state index in [9.17, 15) is 9.59 Å². The van der Waals surface area contributed by atoms with E-state index in [2.05, 4.69) is 15.0 Å². The summed E-state index contributed by atoms with van der Waals surface area (Å²) in [5.41, 5.74) is 0.962. The van der Waals surface area contributed by atoms with Crippen molar-refractivity contribution >= 4 is 17.6 Å². The number of ether oxygens (including phenoxy) is 2. The maximum Gasteiger partial charge on any atom is 0.339 e. The van der Waals surface area contributed by atoms with Gasteiger partial charge in [-0.2, -0.15) is 0 Å². The van der Waals surface area contributed by atoms with Crippen molar-refractivity contribution < 1.29 is 19.1 Å². The number of hydrogen-bond acceptors (Lipinski definition) is 5. The minimum Gasteiger partial charge on any atom is -0.468 e. The number of hydrogen-bond donors (Lipinski definition) is 1. The Bertz CT molecular complexity index is 679. The van der Waals surface area contributed by atoms with Crippen molar-refractivity contribution in [2.45, 2.75) is 0 Å². The van der Waals surface area contributed by atoms with E-state index >= 15 is 0 Å². The molecule has 0 bridgehead atoms. The van der Waals surface area contributed by atoms with Gasteiger partial charge in [-0.05, 0) is 12.1 Å². The number of methoxy groups -OCH3 is 2. The standard InChI is InChI=1S/C14H15N3O4/c1-17-11(8-15-14(17)21-3)12(18)16-10-7-5-4-6-9(10)13(19)20-2/h4-8H,1-3H3,(H,16,18). The SMILES string of the molecule is COC(=O)c1ccccc1NC(=O)c1cnc(OC)n1C. The molecule has 1 aromatic heterocycles. The predicted molar refractivity (Wildman–Crippen MR) is 75.5 cm³/mol. The van der Waals surface area contributed by atoms with Crippen LogP contribution < -0.4 is 10.1 Å². The summed E-state index contributed by atoms with van der Waals surface area (Å²) in [7, 11) is 4.41. The third-order valence-corrected chi connectivity index (χ3v) is 2.94. The number of carbonyl (C=O) groups is 2. The summed E-state index contributed by atoms with van der Waals surface area (Å²) < 4.78 is 11.2. The second-order valence-electron chi connectivity index (χ2n) is 4.18. The van der Waals surface area contributed by atoms with Crippen molar-refractivity contribution in [2.75, 3.05) is 19.5 Å². The third kappa shape index (κ3) is 2.86. The van der Waals surface area contributed by atoms with Gasteiger partial charge in [-0.3, -0.25) is 9.36 Å². The summed E-state index contributed by atoms with van der Waals surface area (Å²) in [6, 6.07) is 6.92. The van der Waals surface area contributed by atoms with Crippen molar-refractivity contribution in [3.63, 3.8) is 0 Å². The van der Waals surface area contributed by atoms with E-state index in [1.54, 1.807) is 31.3 Å². The van der Waals surface area contributed by atoms with Crippen LogP contribution in [0.25, 0.3) is 0 Å². The number of nitrogens with zero attached hydrogens (tertiary/aromatic N) is 2. The lowest BCUT2D eigenvalue weighted by atomic mass is 10.1. The average Bonchev–Trinajstić information content (AvgIpc) is 2.88. The van der Waals surface area contributed by atoms with Gasteiger partial charge >= 0.3 is 5.97 Å². The minimum absolute atomic E-state index is 0.280. The molecule has 1 aromatic carbocycles. The lowest BCUT2D eigenvalue weighted by Gasteiger charge is -2.10. The van der Waals surface area contributed by atoms with Crippen LogP contribution in [-0.2, 0) is 11.8 Å².